The highest BCUT2D eigenvalue weighted by atomic mass is 35.5. The lowest BCUT2D eigenvalue weighted by Gasteiger charge is -2.07. The standard InChI is InChI=1S/C11H12ClN5O2/c1-3-17-5-7(4-15-17)16-10(18)8-9(12)13-6-14-11(8)19-2/h4-6H,3H2,1-2H3,(H,16,18). The van der Waals surface area contributed by atoms with Gasteiger partial charge in [-0.25, -0.2) is 9.97 Å². The van der Waals surface area contributed by atoms with Crippen molar-refractivity contribution in [1.29, 1.82) is 0 Å². The molecule has 0 aliphatic carbocycles. The van der Waals surface area contributed by atoms with E-state index >= 15 is 0 Å². The highest BCUT2D eigenvalue weighted by Crippen LogP contribution is 2.22. The zero-order valence-corrected chi connectivity index (χ0v) is 11.2. The van der Waals surface area contributed by atoms with Crippen molar-refractivity contribution in [3.8, 4) is 5.88 Å². The average Bonchev–Trinajstić information content (AvgIpc) is 2.85. The van der Waals surface area contributed by atoms with E-state index in [2.05, 4.69) is 20.4 Å². The Morgan fingerprint density at radius 3 is 2.95 bits per heavy atom. The Labute approximate surface area is 114 Å². The molecule has 0 saturated carbocycles. The maximum absolute atomic E-state index is 12.1. The van der Waals surface area contributed by atoms with Crippen LogP contribution in [0.1, 0.15) is 17.3 Å². The van der Waals surface area contributed by atoms with Gasteiger partial charge in [-0.1, -0.05) is 11.6 Å². The van der Waals surface area contributed by atoms with Crippen molar-refractivity contribution in [2.45, 2.75) is 13.5 Å². The summed E-state index contributed by atoms with van der Waals surface area (Å²) in [7, 11) is 1.41. The third-order valence-electron chi connectivity index (χ3n) is 2.40. The number of hydrogen-bond donors (Lipinski definition) is 1. The summed E-state index contributed by atoms with van der Waals surface area (Å²) >= 11 is 5.89. The van der Waals surface area contributed by atoms with Gasteiger partial charge in [-0.3, -0.25) is 9.48 Å². The van der Waals surface area contributed by atoms with Gasteiger partial charge in [-0.05, 0) is 6.92 Å². The number of carbonyl (C=O) groups is 1. The quantitative estimate of drug-likeness (QED) is 0.861. The zero-order chi connectivity index (χ0) is 13.8. The number of aryl methyl sites for hydroxylation is 1. The molecule has 8 heteroatoms. The molecule has 1 N–H and O–H groups in total. The molecule has 0 fully saturated rings. The monoisotopic (exact) mass is 281 g/mol. The van der Waals surface area contributed by atoms with E-state index in [1.54, 1.807) is 17.1 Å². The predicted octanol–water partition coefficient (Wildman–Crippen LogP) is 1.61. The summed E-state index contributed by atoms with van der Waals surface area (Å²) in [5.41, 5.74) is 0.657. The number of nitrogens with one attached hydrogen (secondary N) is 1. The summed E-state index contributed by atoms with van der Waals surface area (Å²) in [6.45, 7) is 2.66. The predicted molar refractivity (Wildman–Crippen MR) is 69.4 cm³/mol. The van der Waals surface area contributed by atoms with Crippen LogP contribution in [0.5, 0.6) is 5.88 Å². The van der Waals surface area contributed by atoms with Gasteiger partial charge in [0.15, 0.2) is 0 Å². The molecule has 1 amide bonds. The molecule has 0 unspecified atom stereocenters. The number of methoxy groups -OCH3 is 1. The molecule has 2 heterocycles. The van der Waals surface area contributed by atoms with Crippen LogP contribution < -0.4 is 10.1 Å². The number of carbonyl (C=O) groups excluding carboxylic acids is 1. The number of hydrogen-bond acceptors (Lipinski definition) is 5. The van der Waals surface area contributed by atoms with Gasteiger partial charge >= 0.3 is 0 Å². The third kappa shape index (κ3) is 2.82. The van der Waals surface area contributed by atoms with Crippen molar-refractivity contribution in [3.05, 3.63) is 29.4 Å². The van der Waals surface area contributed by atoms with Crippen LogP contribution in [0.2, 0.25) is 5.15 Å². The Balaban J connectivity index is 2.24. The van der Waals surface area contributed by atoms with E-state index in [9.17, 15) is 4.79 Å². The van der Waals surface area contributed by atoms with Gasteiger partial charge in [0.25, 0.3) is 5.91 Å². The fourth-order valence-corrected chi connectivity index (χ4v) is 1.70. The van der Waals surface area contributed by atoms with Crippen molar-refractivity contribution >= 4 is 23.2 Å². The lowest BCUT2D eigenvalue weighted by molar-refractivity contribution is 0.102. The molecule has 2 aromatic heterocycles. The van der Waals surface area contributed by atoms with E-state index in [0.717, 1.165) is 0 Å². The van der Waals surface area contributed by atoms with Crippen LogP contribution in [0.4, 0.5) is 5.69 Å². The Hall–Kier alpha value is -2.15. The fourth-order valence-electron chi connectivity index (χ4n) is 1.49. The van der Waals surface area contributed by atoms with Crippen molar-refractivity contribution < 1.29 is 9.53 Å². The third-order valence-corrected chi connectivity index (χ3v) is 2.69. The maximum Gasteiger partial charge on any atom is 0.264 e. The summed E-state index contributed by atoms with van der Waals surface area (Å²) in [6.07, 6.45) is 4.49. The van der Waals surface area contributed by atoms with Crippen LogP contribution in [0.15, 0.2) is 18.7 Å². The SMILES string of the molecule is CCn1cc(NC(=O)c2c(Cl)ncnc2OC)cn1. The van der Waals surface area contributed by atoms with Crippen molar-refractivity contribution in [2.75, 3.05) is 12.4 Å². The second-order valence-electron chi connectivity index (χ2n) is 3.59. The van der Waals surface area contributed by atoms with Crippen molar-refractivity contribution in [1.82, 2.24) is 19.7 Å². The molecule has 0 aromatic carbocycles. The van der Waals surface area contributed by atoms with E-state index in [1.807, 2.05) is 6.92 Å². The largest absolute Gasteiger partial charge is 0.480 e. The molecule has 0 bridgehead atoms. The summed E-state index contributed by atoms with van der Waals surface area (Å²) < 4.78 is 6.68. The van der Waals surface area contributed by atoms with E-state index in [-0.39, 0.29) is 16.6 Å². The fraction of sp³-hybridized carbons (Fsp3) is 0.273. The van der Waals surface area contributed by atoms with Gasteiger partial charge in [0, 0.05) is 12.7 Å². The number of amides is 1. The van der Waals surface area contributed by atoms with Gasteiger partial charge < -0.3 is 10.1 Å². The molecular weight excluding hydrogens is 270 g/mol. The Kier molecular flexibility index (Phi) is 3.96. The molecule has 100 valence electrons. The normalized spacial score (nSPS) is 10.3. The molecule has 0 atom stereocenters. The first-order valence-corrected chi connectivity index (χ1v) is 5.91. The molecular formula is C11H12ClN5O2. The molecule has 0 spiro atoms. The number of ether oxygens (including phenoxy) is 1. The number of aromatic nitrogens is 4. The molecule has 19 heavy (non-hydrogen) atoms. The Morgan fingerprint density at radius 1 is 1.53 bits per heavy atom. The zero-order valence-electron chi connectivity index (χ0n) is 10.4. The van der Waals surface area contributed by atoms with Gasteiger partial charge in [0.05, 0.1) is 19.0 Å². The minimum Gasteiger partial charge on any atom is -0.480 e. The molecule has 2 rings (SSSR count). The molecule has 0 aliphatic heterocycles. The first-order valence-electron chi connectivity index (χ1n) is 5.54. The van der Waals surface area contributed by atoms with Gasteiger partial charge in [0.2, 0.25) is 5.88 Å². The number of rotatable bonds is 4. The first-order chi connectivity index (χ1) is 9.15. The van der Waals surface area contributed by atoms with Gasteiger partial charge in [-0.2, -0.15) is 5.10 Å². The summed E-state index contributed by atoms with van der Waals surface area (Å²) in [5.74, 6) is -0.321. The highest BCUT2D eigenvalue weighted by Gasteiger charge is 2.19. The van der Waals surface area contributed by atoms with E-state index in [1.165, 1.54) is 13.4 Å². The smallest absolute Gasteiger partial charge is 0.264 e. The van der Waals surface area contributed by atoms with Crippen molar-refractivity contribution in [3.63, 3.8) is 0 Å². The van der Waals surface area contributed by atoms with Crippen LogP contribution in [-0.4, -0.2) is 32.8 Å². The minimum absolute atomic E-state index is 0.0345. The van der Waals surface area contributed by atoms with Crippen molar-refractivity contribution in [2.24, 2.45) is 0 Å². The number of nitrogens with zero attached hydrogens (tertiary/aromatic N) is 4. The lowest BCUT2D eigenvalue weighted by atomic mass is 10.3. The van der Waals surface area contributed by atoms with Crippen LogP contribution >= 0.6 is 11.6 Å². The Morgan fingerprint density at radius 2 is 2.32 bits per heavy atom. The number of anilines is 1. The average molecular weight is 282 g/mol. The highest BCUT2D eigenvalue weighted by molar-refractivity contribution is 6.33. The summed E-state index contributed by atoms with van der Waals surface area (Å²) in [4.78, 5) is 19.7. The maximum atomic E-state index is 12.1. The van der Waals surface area contributed by atoms with Crippen LogP contribution in [0.25, 0.3) is 0 Å². The van der Waals surface area contributed by atoms with Crippen LogP contribution in [0.3, 0.4) is 0 Å². The van der Waals surface area contributed by atoms with Gasteiger partial charge in [0.1, 0.15) is 17.0 Å². The first kappa shape index (κ1) is 13.3. The van der Waals surface area contributed by atoms with Gasteiger partial charge in [-0.15, -0.1) is 0 Å². The minimum atomic E-state index is -0.446. The van der Waals surface area contributed by atoms with Crippen LogP contribution in [-0.2, 0) is 6.54 Å². The lowest BCUT2D eigenvalue weighted by Crippen LogP contribution is -2.15. The second-order valence-corrected chi connectivity index (χ2v) is 3.95. The molecule has 0 saturated heterocycles. The molecule has 0 aliphatic rings. The number of halogens is 1. The second kappa shape index (κ2) is 5.66. The summed E-state index contributed by atoms with van der Waals surface area (Å²) in [6, 6.07) is 0. The topological polar surface area (TPSA) is 81.9 Å². The van der Waals surface area contributed by atoms with E-state index in [4.69, 9.17) is 16.3 Å². The molecule has 2 aromatic rings. The molecule has 7 nitrogen and oxygen atoms in total. The summed E-state index contributed by atoms with van der Waals surface area (Å²) in [5, 5.41) is 6.75. The Bertz CT molecular complexity index is 599. The van der Waals surface area contributed by atoms with E-state index in [0.29, 0.717) is 12.2 Å². The molecule has 0 radical (unpaired) electrons. The van der Waals surface area contributed by atoms with E-state index < -0.39 is 5.91 Å². The van der Waals surface area contributed by atoms with Crippen LogP contribution in [0, 0.1) is 0 Å².